The number of hydrogen-bond acceptors (Lipinski definition) is 3. The topological polar surface area (TPSA) is 29.0 Å². The quantitative estimate of drug-likeness (QED) is 0.798. The standard InChI is InChI=1S/C13H13ClFN3/c1-9-16-12(14)7-13(17-9)18(2)8-10-4-3-5-11(15)6-10/h3-7H,8H2,1-2H3. The van der Waals surface area contributed by atoms with Crippen molar-refractivity contribution in [2.75, 3.05) is 11.9 Å². The highest BCUT2D eigenvalue weighted by Gasteiger charge is 2.06. The summed E-state index contributed by atoms with van der Waals surface area (Å²) in [6.45, 7) is 2.34. The van der Waals surface area contributed by atoms with Gasteiger partial charge in [-0.15, -0.1) is 0 Å². The number of anilines is 1. The first-order chi connectivity index (χ1) is 8.54. The van der Waals surface area contributed by atoms with Gasteiger partial charge in [-0.3, -0.25) is 0 Å². The van der Waals surface area contributed by atoms with Crippen LogP contribution in [-0.2, 0) is 6.54 Å². The van der Waals surface area contributed by atoms with E-state index in [1.807, 2.05) is 18.0 Å². The van der Waals surface area contributed by atoms with Crippen molar-refractivity contribution in [2.24, 2.45) is 0 Å². The van der Waals surface area contributed by atoms with Gasteiger partial charge in [-0.25, -0.2) is 14.4 Å². The van der Waals surface area contributed by atoms with Crippen LogP contribution in [0.5, 0.6) is 0 Å². The van der Waals surface area contributed by atoms with Gasteiger partial charge in [0, 0.05) is 19.7 Å². The SMILES string of the molecule is Cc1nc(Cl)cc(N(C)Cc2cccc(F)c2)n1. The van der Waals surface area contributed by atoms with Crippen LogP contribution in [0.3, 0.4) is 0 Å². The molecule has 0 saturated carbocycles. The largest absolute Gasteiger partial charge is 0.355 e. The molecule has 18 heavy (non-hydrogen) atoms. The van der Waals surface area contributed by atoms with E-state index in [0.717, 1.165) is 11.4 Å². The van der Waals surface area contributed by atoms with Crippen molar-refractivity contribution >= 4 is 17.4 Å². The molecule has 0 atom stereocenters. The Morgan fingerprint density at radius 3 is 2.72 bits per heavy atom. The van der Waals surface area contributed by atoms with Gasteiger partial charge in [0.25, 0.3) is 0 Å². The second kappa shape index (κ2) is 5.31. The fourth-order valence-electron chi connectivity index (χ4n) is 1.70. The lowest BCUT2D eigenvalue weighted by molar-refractivity contribution is 0.625. The first kappa shape index (κ1) is 12.8. The van der Waals surface area contributed by atoms with E-state index in [1.54, 1.807) is 19.1 Å². The highest BCUT2D eigenvalue weighted by molar-refractivity contribution is 6.29. The molecule has 1 heterocycles. The molecular weight excluding hydrogens is 253 g/mol. The van der Waals surface area contributed by atoms with E-state index in [2.05, 4.69) is 9.97 Å². The third kappa shape index (κ3) is 3.17. The van der Waals surface area contributed by atoms with E-state index < -0.39 is 0 Å². The maximum atomic E-state index is 13.1. The van der Waals surface area contributed by atoms with Gasteiger partial charge in [0.1, 0.15) is 22.6 Å². The van der Waals surface area contributed by atoms with Crippen molar-refractivity contribution in [1.82, 2.24) is 9.97 Å². The van der Waals surface area contributed by atoms with Gasteiger partial charge in [0.2, 0.25) is 0 Å². The Morgan fingerprint density at radius 2 is 2.06 bits per heavy atom. The lowest BCUT2D eigenvalue weighted by Crippen LogP contribution is -2.18. The van der Waals surface area contributed by atoms with Crippen LogP contribution in [0.2, 0.25) is 5.15 Å². The molecule has 94 valence electrons. The Hall–Kier alpha value is -1.68. The normalized spacial score (nSPS) is 10.4. The molecule has 0 fully saturated rings. The number of halogens is 2. The molecule has 0 aliphatic rings. The monoisotopic (exact) mass is 265 g/mol. The molecule has 0 N–H and O–H groups in total. The highest BCUT2D eigenvalue weighted by Crippen LogP contribution is 2.17. The van der Waals surface area contributed by atoms with Gasteiger partial charge in [0.05, 0.1) is 0 Å². The highest BCUT2D eigenvalue weighted by atomic mass is 35.5. The molecule has 3 nitrogen and oxygen atoms in total. The van der Waals surface area contributed by atoms with Gasteiger partial charge in [0.15, 0.2) is 0 Å². The lowest BCUT2D eigenvalue weighted by Gasteiger charge is -2.18. The van der Waals surface area contributed by atoms with Crippen molar-refractivity contribution < 1.29 is 4.39 Å². The summed E-state index contributed by atoms with van der Waals surface area (Å²) in [6.07, 6.45) is 0. The van der Waals surface area contributed by atoms with E-state index in [1.165, 1.54) is 12.1 Å². The van der Waals surface area contributed by atoms with Gasteiger partial charge >= 0.3 is 0 Å². The second-order valence-corrected chi connectivity index (χ2v) is 4.47. The van der Waals surface area contributed by atoms with Crippen molar-refractivity contribution in [3.63, 3.8) is 0 Å². The number of nitrogens with zero attached hydrogens (tertiary/aromatic N) is 3. The number of aryl methyl sites for hydroxylation is 1. The summed E-state index contributed by atoms with van der Waals surface area (Å²) in [7, 11) is 1.88. The van der Waals surface area contributed by atoms with Gasteiger partial charge in [-0.2, -0.15) is 0 Å². The summed E-state index contributed by atoms with van der Waals surface area (Å²) < 4.78 is 13.1. The molecule has 0 spiro atoms. The number of hydrogen-bond donors (Lipinski definition) is 0. The Kier molecular flexibility index (Phi) is 3.77. The summed E-state index contributed by atoms with van der Waals surface area (Å²) in [6, 6.07) is 8.18. The van der Waals surface area contributed by atoms with E-state index in [0.29, 0.717) is 17.5 Å². The molecule has 0 saturated heterocycles. The molecular formula is C13H13ClFN3. The molecule has 0 radical (unpaired) electrons. The minimum Gasteiger partial charge on any atom is -0.355 e. The average Bonchev–Trinajstić information content (AvgIpc) is 2.27. The number of benzene rings is 1. The first-order valence-electron chi connectivity index (χ1n) is 5.51. The summed E-state index contributed by atoms with van der Waals surface area (Å²) in [5.74, 6) is 1.10. The minimum atomic E-state index is -0.238. The third-order valence-corrected chi connectivity index (χ3v) is 2.69. The molecule has 0 aliphatic heterocycles. The van der Waals surface area contributed by atoms with Gasteiger partial charge < -0.3 is 4.90 Å². The van der Waals surface area contributed by atoms with Crippen LogP contribution in [0.1, 0.15) is 11.4 Å². The van der Waals surface area contributed by atoms with Crippen LogP contribution in [-0.4, -0.2) is 17.0 Å². The Labute approximate surface area is 110 Å². The van der Waals surface area contributed by atoms with E-state index >= 15 is 0 Å². The molecule has 0 bridgehead atoms. The van der Waals surface area contributed by atoms with Crippen LogP contribution >= 0.6 is 11.6 Å². The fourth-order valence-corrected chi connectivity index (χ4v) is 1.92. The fraction of sp³-hybridized carbons (Fsp3) is 0.231. The van der Waals surface area contributed by atoms with Crippen molar-refractivity contribution in [1.29, 1.82) is 0 Å². The number of aromatic nitrogens is 2. The number of rotatable bonds is 3. The third-order valence-electron chi connectivity index (χ3n) is 2.49. The van der Waals surface area contributed by atoms with Crippen LogP contribution in [0.25, 0.3) is 0 Å². The molecule has 1 aromatic carbocycles. The molecule has 0 amide bonds. The lowest BCUT2D eigenvalue weighted by atomic mass is 10.2. The summed E-state index contributed by atoms with van der Waals surface area (Å²) >= 11 is 5.88. The van der Waals surface area contributed by atoms with Crippen LogP contribution < -0.4 is 4.90 Å². The van der Waals surface area contributed by atoms with E-state index in [4.69, 9.17) is 11.6 Å². The van der Waals surface area contributed by atoms with Crippen molar-refractivity contribution in [3.8, 4) is 0 Å². The maximum absolute atomic E-state index is 13.1. The first-order valence-corrected chi connectivity index (χ1v) is 5.89. The summed E-state index contributed by atoms with van der Waals surface area (Å²) in [5.41, 5.74) is 0.880. The zero-order chi connectivity index (χ0) is 13.1. The van der Waals surface area contributed by atoms with Gasteiger partial charge in [-0.1, -0.05) is 23.7 Å². The van der Waals surface area contributed by atoms with Gasteiger partial charge in [-0.05, 0) is 24.6 Å². The second-order valence-electron chi connectivity index (χ2n) is 4.08. The Bertz CT molecular complexity index is 539. The molecule has 0 aliphatic carbocycles. The average molecular weight is 266 g/mol. The molecule has 2 rings (SSSR count). The maximum Gasteiger partial charge on any atom is 0.134 e. The summed E-state index contributed by atoms with van der Waals surface area (Å²) in [5, 5.41) is 0.406. The van der Waals surface area contributed by atoms with E-state index in [-0.39, 0.29) is 5.82 Å². The molecule has 2 aromatic rings. The van der Waals surface area contributed by atoms with Crippen LogP contribution in [0.15, 0.2) is 30.3 Å². The minimum absolute atomic E-state index is 0.238. The van der Waals surface area contributed by atoms with E-state index in [9.17, 15) is 4.39 Å². The zero-order valence-electron chi connectivity index (χ0n) is 10.2. The Morgan fingerprint density at radius 1 is 1.28 bits per heavy atom. The predicted molar refractivity (Wildman–Crippen MR) is 70.3 cm³/mol. The van der Waals surface area contributed by atoms with Crippen molar-refractivity contribution in [2.45, 2.75) is 13.5 Å². The predicted octanol–water partition coefficient (Wildman–Crippen LogP) is 3.21. The molecule has 1 aromatic heterocycles. The Balaban J connectivity index is 2.19. The smallest absolute Gasteiger partial charge is 0.134 e. The van der Waals surface area contributed by atoms with Crippen LogP contribution in [0.4, 0.5) is 10.2 Å². The van der Waals surface area contributed by atoms with Crippen molar-refractivity contribution in [3.05, 3.63) is 52.7 Å². The van der Waals surface area contributed by atoms with Crippen LogP contribution in [0, 0.1) is 12.7 Å². The zero-order valence-corrected chi connectivity index (χ0v) is 10.9. The molecule has 5 heteroatoms. The molecule has 0 unspecified atom stereocenters. The summed E-state index contributed by atoms with van der Waals surface area (Å²) in [4.78, 5) is 10.2.